The highest BCUT2D eigenvalue weighted by Crippen LogP contribution is 2.68. The van der Waals surface area contributed by atoms with Crippen molar-refractivity contribution >= 4 is 5.97 Å². The number of ether oxygens (including phenoxy) is 1. The lowest BCUT2D eigenvalue weighted by Gasteiger charge is -2.61. The van der Waals surface area contributed by atoms with Crippen LogP contribution in [0.5, 0.6) is 0 Å². The average molecular weight is 689 g/mol. The Morgan fingerprint density at radius 2 is 1.32 bits per heavy atom. The zero-order valence-electron chi connectivity index (χ0n) is 34.0. The summed E-state index contributed by atoms with van der Waals surface area (Å²) in [6.07, 6.45) is 43.7. The van der Waals surface area contributed by atoms with Crippen molar-refractivity contribution in [3.05, 3.63) is 48.6 Å². The third-order valence-electron chi connectivity index (χ3n) is 15.1. The monoisotopic (exact) mass is 689 g/mol. The predicted octanol–water partition coefficient (Wildman–Crippen LogP) is 14.4. The third-order valence-corrected chi connectivity index (χ3v) is 15.1. The summed E-state index contributed by atoms with van der Waals surface area (Å²) in [6.45, 7) is 17.5. The molecule has 0 spiro atoms. The molecular formula is C48H80O2. The molecule has 0 aromatic heterocycles. The Kier molecular flexibility index (Phi) is 17.0. The second kappa shape index (κ2) is 20.6. The van der Waals surface area contributed by atoms with Crippen LogP contribution in [-0.2, 0) is 9.53 Å². The topological polar surface area (TPSA) is 26.3 Å². The van der Waals surface area contributed by atoms with Gasteiger partial charge in [0.2, 0.25) is 0 Å². The molecule has 0 amide bonds. The van der Waals surface area contributed by atoms with E-state index >= 15 is 0 Å². The van der Waals surface area contributed by atoms with Crippen LogP contribution in [0, 0.1) is 58.2 Å². The maximum absolute atomic E-state index is 12.8. The van der Waals surface area contributed by atoms with Gasteiger partial charge in [-0.1, -0.05) is 123 Å². The number of unbranched alkanes of at least 4 members (excludes halogenated alkanes) is 4. The van der Waals surface area contributed by atoms with E-state index in [9.17, 15) is 4.79 Å². The van der Waals surface area contributed by atoms with E-state index in [0.29, 0.717) is 17.3 Å². The predicted molar refractivity (Wildman–Crippen MR) is 216 cm³/mol. The van der Waals surface area contributed by atoms with E-state index in [4.69, 9.17) is 4.74 Å². The molecule has 0 radical (unpaired) electrons. The number of carbonyl (C=O) groups excluding carboxylic acids is 1. The second-order valence-corrected chi connectivity index (χ2v) is 18.5. The van der Waals surface area contributed by atoms with Crippen LogP contribution in [0.3, 0.4) is 0 Å². The largest absolute Gasteiger partial charge is 0.462 e. The summed E-state index contributed by atoms with van der Waals surface area (Å²) >= 11 is 0. The molecule has 0 aliphatic heterocycles. The number of esters is 1. The van der Waals surface area contributed by atoms with Crippen molar-refractivity contribution in [1.82, 2.24) is 0 Å². The fourth-order valence-electron chi connectivity index (χ4n) is 11.5. The normalized spacial score (nSPS) is 34.1. The van der Waals surface area contributed by atoms with Gasteiger partial charge in [-0.2, -0.15) is 0 Å². The van der Waals surface area contributed by atoms with Gasteiger partial charge in [0.25, 0.3) is 0 Å². The van der Waals surface area contributed by atoms with Gasteiger partial charge >= 0.3 is 5.97 Å². The Labute approximate surface area is 310 Å². The summed E-state index contributed by atoms with van der Waals surface area (Å²) in [5, 5.41) is 0. The van der Waals surface area contributed by atoms with Gasteiger partial charge in [0, 0.05) is 6.42 Å². The van der Waals surface area contributed by atoms with Crippen molar-refractivity contribution in [2.45, 2.75) is 189 Å². The SMILES string of the molecule is CCCCCC=CCC=CCC=CCC=CCCCC(=O)OC1CC[C@@]2(C)C(CC[C@H]3[C@@H]4CC[C@H]([C@H](C)CC[C@H](C)C(C)C)[C@@]4(C)CC[C@@H]32)C1. The third kappa shape index (κ3) is 11.2. The molecular weight excluding hydrogens is 609 g/mol. The number of carbonyl (C=O) groups is 1. The highest BCUT2D eigenvalue weighted by atomic mass is 16.5. The minimum atomic E-state index is 0.0329. The van der Waals surface area contributed by atoms with Crippen molar-refractivity contribution in [2.24, 2.45) is 58.2 Å². The van der Waals surface area contributed by atoms with Gasteiger partial charge in [0.15, 0.2) is 0 Å². The standard InChI is InChI=1S/C48H80O2/c1-8-9-10-11-12-13-14-15-16-17-18-19-20-21-22-23-24-25-46(49)50-41-32-34-47(6)40(36-41)28-29-42-44-31-30-43(48(44,7)35-33-45(42)47)39(5)27-26-38(4)37(2)3/h12-13,15-16,18-19,21-22,37-45H,8-11,14,17,20,23-36H2,1-7H3/t38-,39+,40?,41?,42-,43+,44-,45-,47-,48+/m0/s1. The van der Waals surface area contributed by atoms with E-state index in [-0.39, 0.29) is 12.1 Å². The molecule has 0 bridgehead atoms. The van der Waals surface area contributed by atoms with Crippen molar-refractivity contribution in [2.75, 3.05) is 0 Å². The Morgan fingerprint density at radius 3 is 1.98 bits per heavy atom. The van der Waals surface area contributed by atoms with Gasteiger partial charge in [-0.25, -0.2) is 0 Å². The maximum atomic E-state index is 12.8. The highest BCUT2D eigenvalue weighted by Gasteiger charge is 2.60. The molecule has 0 saturated heterocycles. The molecule has 50 heavy (non-hydrogen) atoms. The van der Waals surface area contributed by atoms with Crippen LogP contribution in [0.4, 0.5) is 0 Å². The molecule has 2 nitrogen and oxygen atoms in total. The Balaban J connectivity index is 1.12. The van der Waals surface area contributed by atoms with E-state index in [2.05, 4.69) is 97.1 Å². The first-order valence-electron chi connectivity index (χ1n) is 21.9. The van der Waals surface area contributed by atoms with E-state index in [1.54, 1.807) is 0 Å². The van der Waals surface area contributed by atoms with Crippen LogP contribution >= 0.6 is 0 Å². The first kappa shape index (κ1) is 41.2. The zero-order chi connectivity index (χ0) is 36.0. The molecule has 4 fully saturated rings. The van der Waals surface area contributed by atoms with Gasteiger partial charge in [0.05, 0.1) is 0 Å². The van der Waals surface area contributed by atoms with Gasteiger partial charge in [-0.15, -0.1) is 0 Å². The first-order valence-corrected chi connectivity index (χ1v) is 21.9. The summed E-state index contributed by atoms with van der Waals surface area (Å²) in [7, 11) is 0. The molecule has 284 valence electrons. The quantitative estimate of drug-likeness (QED) is 0.0723. The number of hydrogen-bond donors (Lipinski definition) is 0. The minimum absolute atomic E-state index is 0.0329. The summed E-state index contributed by atoms with van der Waals surface area (Å²) in [5.74, 6) is 6.97. The molecule has 0 aromatic rings. The fraction of sp³-hybridized carbons (Fsp3) is 0.812. The molecule has 2 heteroatoms. The summed E-state index contributed by atoms with van der Waals surface area (Å²) in [6, 6.07) is 0. The molecule has 0 heterocycles. The molecule has 4 rings (SSSR count). The van der Waals surface area contributed by atoms with E-state index in [1.807, 2.05) is 0 Å². The Morgan fingerprint density at radius 1 is 0.700 bits per heavy atom. The molecule has 4 saturated carbocycles. The number of allylic oxidation sites excluding steroid dienone is 8. The van der Waals surface area contributed by atoms with Gasteiger partial charge < -0.3 is 4.74 Å². The molecule has 0 N–H and O–H groups in total. The van der Waals surface area contributed by atoms with Crippen molar-refractivity contribution in [3.63, 3.8) is 0 Å². The van der Waals surface area contributed by atoms with Crippen LogP contribution < -0.4 is 0 Å². The lowest BCUT2D eigenvalue weighted by atomic mass is 9.44. The number of hydrogen-bond acceptors (Lipinski definition) is 2. The van der Waals surface area contributed by atoms with Crippen molar-refractivity contribution in [1.29, 1.82) is 0 Å². The molecule has 10 atom stereocenters. The van der Waals surface area contributed by atoms with E-state index < -0.39 is 0 Å². The van der Waals surface area contributed by atoms with Crippen LogP contribution in [0.2, 0.25) is 0 Å². The van der Waals surface area contributed by atoms with E-state index in [1.165, 1.54) is 83.5 Å². The molecule has 0 aromatic carbocycles. The second-order valence-electron chi connectivity index (χ2n) is 18.5. The van der Waals surface area contributed by atoms with Crippen molar-refractivity contribution < 1.29 is 9.53 Å². The van der Waals surface area contributed by atoms with Crippen molar-refractivity contribution in [3.8, 4) is 0 Å². The smallest absolute Gasteiger partial charge is 0.306 e. The van der Waals surface area contributed by atoms with Gasteiger partial charge in [-0.05, 0) is 161 Å². The highest BCUT2D eigenvalue weighted by molar-refractivity contribution is 5.69. The lowest BCUT2D eigenvalue weighted by molar-refractivity contribution is -0.162. The average Bonchev–Trinajstić information content (AvgIpc) is 3.45. The lowest BCUT2D eigenvalue weighted by Crippen LogP contribution is -2.54. The fourth-order valence-corrected chi connectivity index (χ4v) is 11.5. The van der Waals surface area contributed by atoms with Gasteiger partial charge in [0.1, 0.15) is 6.10 Å². The molecule has 2 unspecified atom stereocenters. The van der Waals surface area contributed by atoms with Crippen LogP contribution in [0.1, 0.15) is 183 Å². The zero-order valence-corrected chi connectivity index (χ0v) is 34.0. The van der Waals surface area contributed by atoms with Crippen LogP contribution in [0.25, 0.3) is 0 Å². The summed E-state index contributed by atoms with van der Waals surface area (Å²) in [5.41, 5.74) is 1.01. The molecule has 4 aliphatic rings. The summed E-state index contributed by atoms with van der Waals surface area (Å²) < 4.78 is 6.15. The summed E-state index contributed by atoms with van der Waals surface area (Å²) in [4.78, 5) is 12.8. The molecule has 4 aliphatic carbocycles. The Bertz CT molecular complexity index is 1110. The van der Waals surface area contributed by atoms with E-state index in [0.717, 1.165) is 92.3 Å². The minimum Gasteiger partial charge on any atom is -0.462 e. The van der Waals surface area contributed by atoms with Crippen LogP contribution in [-0.4, -0.2) is 12.1 Å². The maximum Gasteiger partial charge on any atom is 0.306 e. The first-order chi connectivity index (χ1) is 24.1. The number of fused-ring (bicyclic) bond motifs is 5. The number of rotatable bonds is 20. The van der Waals surface area contributed by atoms with Gasteiger partial charge in [-0.3, -0.25) is 4.79 Å². The van der Waals surface area contributed by atoms with Crippen LogP contribution in [0.15, 0.2) is 48.6 Å². The Hall–Kier alpha value is -1.57.